The predicted molar refractivity (Wildman–Crippen MR) is 35.8 cm³/mol. The number of carboxylic acid groups (broad SMARTS) is 1. The fourth-order valence-corrected chi connectivity index (χ4v) is 0.279. The van der Waals surface area contributed by atoms with E-state index >= 15 is 0 Å². The molecule has 0 bridgehead atoms. The van der Waals surface area contributed by atoms with Crippen molar-refractivity contribution in [3.8, 4) is 0 Å². The number of carbonyl (C=O) groups is 1. The van der Waals surface area contributed by atoms with E-state index in [0.717, 1.165) is 6.54 Å². The van der Waals surface area contributed by atoms with Gasteiger partial charge in [0.15, 0.2) is 0 Å². The SMILES string of the molecule is CCCCNN.O=CO. The molecule has 4 N–H and O–H groups in total. The van der Waals surface area contributed by atoms with E-state index in [1.54, 1.807) is 0 Å². The molecule has 0 aliphatic heterocycles. The third kappa shape index (κ3) is 37.6. The second-order valence-electron chi connectivity index (χ2n) is 1.41. The molecular formula is C5H14N2O2. The summed E-state index contributed by atoms with van der Waals surface area (Å²) in [4.78, 5) is 8.36. The highest BCUT2D eigenvalue weighted by Crippen LogP contribution is 1.78. The predicted octanol–water partition coefficient (Wildman–Crippen LogP) is -0.0494. The van der Waals surface area contributed by atoms with E-state index in [2.05, 4.69) is 12.3 Å². The van der Waals surface area contributed by atoms with Crippen molar-refractivity contribution >= 4 is 6.47 Å². The number of hydrogen-bond donors (Lipinski definition) is 3. The van der Waals surface area contributed by atoms with Gasteiger partial charge in [-0.2, -0.15) is 0 Å². The molecule has 56 valence electrons. The Kier molecular flexibility index (Phi) is 19.5. The molecule has 0 aromatic heterocycles. The molecule has 0 heterocycles. The van der Waals surface area contributed by atoms with Crippen LogP contribution in [0.25, 0.3) is 0 Å². The normalized spacial score (nSPS) is 7.33. The molecule has 0 rings (SSSR count). The highest BCUT2D eigenvalue weighted by Gasteiger charge is 1.73. The Labute approximate surface area is 55.0 Å². The molecule has 4 heteroatoms. The Balaban J connectivity index is 0. The molecule has 0 aliphatic rings. The zero-order valence-electron chi connectivity index (χ0n) is 5.63. The third-order valence-corrected chi connectivity index (χ3v) is 0.675. The number of nitrogens with two attached hydrogens (primary N) is 1. The van der Waals surface area contributed by atoms with Gasteiger partial charge in [0.1, 0.15) is 0 Å². The summed E-state index contributed by atoms with van der Waals surface area (Å²) < 4.78 is 0. The molecule has 0 spiro atoms. The van der Waals surface area contributed by atoms with Gasteiger partial charge in [-0.3, -0.25) is 16.1 Å². The summed E-state index contributed by atoms with van der Waals surface area (Å²) in [6.07, 6.45) is 2.39. The topological polar surface area (TPSA) is 75.3 Å². The molecule has 0 fully saturated rings. The summed E-state index contributed by atoms with van der Waals surface area (Å²) >= 11 is 0. The molecule has 0 unspecified atom stereocenters. The highest BCUT2D eigenvalue weighted by molar-refractivity contribution is 5.32. The summed E-state index contributed by atoms with van der Waals surface area (Å²) in [5.41, 5.74) is 2.57. The van der Waals surface area contributed by atoms with Gasteiger partial charge in [-0.05, 0) is 6.42 Å². The first-order valence-electron chi connectivity index (χ1n) is 2.84. The average molecular weight is 134 g/mol. The van der Waals surface area contributed by atoms with Gasteiger partial charge in [0.05, 0.1) is 0 Å². The highest BCUT2D eigenvalue weighted by atomic mass is 16.3. The lowest BCUT2D eigenvalue weighted by atomic mass is 10.3. The third-order valence-electron chi connectivity index (χ3n) is 0.675. The van der Waals surface area contributed by atoms with Gasteiger partial charge in [-0.1, -0.05) is 13.3 Å². The van der Waals surface area contributed by atoms with Crippen molar-refractivity contribution in [3.63, 3.8) is 0 Å². The molecular weight excluding hydrogens is 120 g/mol. The summed E-state index contributed by atoms with van der Waals surface area (Å²) in [6, 6.07) is 0. The van der Waals surface area contributed by atoms with E-state index < -0.39 is 0 Å². The lowest BCUT2D eigenvalue weighted by Crippen LogP contribution is -2.22. The minimum Gasteiger partial charge on any atom is -0.483 e. The van der Waals surface area contributed by atoms with E-state index in [9.17, 15) is 0 Å². The van der Waals surface area contributed by atoms with E-state index in [1.165, 1.54) is 12.8 Å². The summed E-state index contributed by atoms with van der Waals surface area (Å²) in [5.74, 6) is 4.96. The number of hydrazine groups is 1. The smallest absolute Gasteiger partial charge is 0.290 e. The Morgan fingerprint density at radius 1 is 1.78 bits per heavy atom. The maximum atomic E-state index is 8.36. The average Bonchev–Trinajstić information content (AvgIpc) is 1.86. The van der Waals surface area contributed by atoms with Crippen LogP contribution >= 0.6 is 0 Å². The molecule has 0 saturated heterocycles. The van der Waals surface area contributed by atoms with E-state index in [0.29, 0.717) is 0 Å². The van der Waals surface area contributed by atoms with Crippen molar-refractivity contribution in [2.45, 2.75) is 19.8 Å². The Morgan fingerprint density at radius 3 is 2.33 bits per heavy atom. The van der Waals surface area contributed by atoms with Crippen molar-refractivity contribution in [2.75, 3.05) is 6.54 Å². The Morgan fingerprint density at radius 2 is 2.22 bits per heavy atom. The maximum absolute atomic E-state index is 8.36. The number of unbranched alkanes of at least 4 members (excludes halogenated alkanes) is 1. The lowest BCUT2D eigenvalue weighted by molar-refractivity contribution is -0.122. The molecule has 0 radical (unpaired) electrons. The summed E-state index contributed by atoms with van der Waals surface area (Å²) in [5, 5.41) is 6.89. The van der Waals surface area contributed by atoms with Gasteiger partial charge in [0, 0.05) is 6.54 Å². The molecule has 0 saturated carbocycles. The maximum Gasteiger partial charge on any atom is 0.290 e. The van der Waals surface area contributed by atoms with Crippen LogP contribution < -0.4 is 11.3 Å². The van der Waals surface area contributed by atoms with Gasteiger partial charge in [0.2, 0.25) is 0 Å². The van der Waals surface area contributed by atoms with Crippen LogP contribution in [-0.4, -0.2) is 18.1 Å². The first-order valence-corrected chi connectivity index (χ1v) is 2.84. The quantitative estimate of drug-likeness (QED) is 0.219. The van der Waals surface area contributed by atoms with Crippen LogP contribution in [0.2, 0.25) is 0 Å². The van der Waals surface area contributed by atoms with Crippen molar-refractivity contribution in [2.24, 2.45) is 5.84 Å². The van der Waals surface area contributed by atoms with E-state index in [4.69, 9.17) is 15.7 Å². The van der Waals surface area contributed by atoms with Crippen molar-refractivity contribution in [1.29, 1.82) is 0 Å². The minimum absolute atomic E-state index is 0.250. The van der Waals surface area contributed by atoms with Crippen LogP contribution in [0.4, 0.5) is 0 Å². The van der Waals surface area contributed by atoms with E-state index in [-0.39, 0.29) is 6.47 Å². The van der Waals surface area contributed by atoms with Gasteiger partial charge >= 0.3 is 0 Å². The largest absolute Gasteiger partial charge is 0.483 e. The van der Waals surface area contributed by atoms with Crippen LogP contribution in [0, 0.1) is 0 Å². The Bertz CT molecular complexity index is 46.2. The van der Waals surface area contributed by atoms with Crippen LogP contribution in [-0.2, 0) is 4.79 Å². The molecule has 4 nitrogen and oxygen atoms in total. The lowest BCUT2D eigenvalue weighted by Gasteiger charge is -1.89. The van der Waals surface area contributed by atoms with Crippen LogP contribution in [0.5, 0.6) is 0 Å². The molecule has 0 aromatic carbocycles. The number of nitrogens with one attached hydrogen (secondary N) is 1. The minimum atomic E-state index is -0.250. The van der Waals surface area contributed by atoms with Gasteiger partial charge in [0.25, 0.3) is 6.47 Å². The number of rotatable bonds is 3. The molecule has 0 amide bonds. The summed E-state index contributed by atoms with van der Waals surface area (Å²) in [6.45, 7) is 2.83. The monoisotopic (exact) mass is 134 g/mol. The van der Waals surface area contributed by atoms with Gasteiger partial charge < -0.3 is 5.11 Å². The van der Waals surface area contributed by atoms with Crippen LogP contribution in [0.1, 0.15) is 19.8 Å². The fraction of sp³-hybridized carbons (Fsp3) is 0.800. The van der Waals surface area contributed by atoms with Crippen molar-refractivity contribution in [3.05, 3.63) is 0 Å². The Hall–Kier alpha value is -0.610. The first kappa shape index (κ1) is 11.2. The zero-order chi connectivity index (χ0) is 7.54. The van der Waals surface area contributed by atoms with Gasteiger partial charge in [-0.25, -0.2) is 0 Å². The molecule has 0 aliphatic carbocycles. The molecule has 9 heavy (non-hydrogen) atoms. The molecule has 0 aromatic rings. The zero-order valence-corrected chi connectivity index (χ0v) is 5.63. The first-order chi connectivity index (χ1) is 4.33. The van der Waals surface area contributed by atoms with Gasteiger partial charge in [-0.15, -0.1) is 0 Å². The fourth-order valence-electron chi connectivity index (χ4n) is 0.279. The summed E-state index contributed by atoms with van der Waals surface area (Å²) in [7, 11) is 0. The second-order valence-corrected chi connectivity index (χ2v) is 1.41. The van der Waals surface area contributed by atoms with Crippen molar-refractivity contribution < 1.29 is 9.90 Å². The molecule has 0 atom stereocenters. The standard InChI is InChI=1S/C4H12N2.CH2O2/c1-2-3-4-6-5;2-1-3/h6H,2-5H2,1H3;1H,(H,2,3). The second kappa shape index (κ2) is 15.7. The number of hydrogen-bond acceptors (Lipinski definition) is 3. The van der Waals surface area contributed by atoms with Crippen molar-refractivity contribution in [1.82, 2.24) is 5.43 Å². The van der Waals surface area contributed by atoms with E-state index in [1.807, 2.05) is 0 Å². The van der Waals surface area contributed by atoms with Crippen LogP contribution in [0.3, 0.4) is 0 Å². The van der Waals surface area contributed by atoms with Crippen LogP contribution in [0.15, 0.2) is 0 Å².